The van der Waals surface area contributed by atoms with Gasteiger partial charge in [-0.3, -0.25) is 0 Å². The Morgan fingerprint density at radius 3 is 2.00 bits per heavy atom. The summed E-state index contributed by atoms with van der Waals surface area (Å²) in [5.74, 6) is 0.355. The van der Waals surface area contributed by atoms with Crippen molar-refractivity contribution >= 4 is 58.0 Å². The van der Waals surface area contributed by atoms with E-state index in [1.165, 1.54) is 0 Å². The number of benzene rings is 2. The van der Waals surface area contributed by atoms with E-state index in [-0.39, 0.29) is 0 Å². The summed E-state index contributed by atoms with van der Waals surface area (Å²) in [5, 5.41) is 1.81. The van der Waals surface area contributed by atoms with Crippen molar-refractivity contribution < 1.29 is 0 Å². The predicted octanol–water partition coefficient (Wildman–Crippen LogP) is 6.71. The Kier molecular flexibility index (Phi) is 4.69. The third-order valence-corrected chi connectivity index (χ3v) is 4.23. The SMILES string of the molecule is ClCc1cc(Cl)ccc1-c1cc(Cl)c(Cl)c(Cl)c1. The number of hydrogen-bond acceptors (Lipinski definition) is 0. The Bertz CT molecular complexity index is 569. The minimum Gasteiger partial charge on any atom is -0.122 e. The molecule has 0 nitrogen and oxygen atoms in total. The van der Waals surface area contributed by atoms with Gasteiger partial charge in [-0.1, -0.05) is 52.5 Å². The molecule has 0 N–H and O–H groups in total. The molecule has 0 aliphatic heterocycles. The van der Waals surface area contributed by atoms with Gasteiger partial charge < -0.3 is 0 Å². The highest BCUT2D eigenvalue weighted by Gasteiger charge is 2.10. The predicted molar refractivity (Wildman–Crippen MR) is 81.5 cm³/mol. The second-order valence-electron chi connectivity index (χ2n) is 3.69. The van der Waals surface area contributed by atoms with Gasteiger partial charge in [0, 0.05) is 10.9 Å². The van der Waals surface area contributed by atoms with Crippen LogP contribution in [0.25, 0.3) is 11.1 Å². The van der Waals surface area contributed by atoms with Gasteiger partial charge in [0.15, 0.2) is 0 Å². The van der Waals surface area contributed by atoms with E-state index < -0.39 is 0 Å². The molecule has 2 aromatic rings. The molecular weight excluding hydrogens is 333 g/mol. The zero-order valence-corrected chi connectivity index (χ0v) is 12.8. The monoisotopic (exact) mass is 338 g/mol. The molecule has 0 saturated heterocycles. The molecule has 0 spiro atoms. The minimum absolute atomic E-state index is 0.350. The fourth-order valence-electron chi connectivity index (χ4n) is 1.67. The van der Waals surface area contributed by atoms with Crippen LogP contribution in [0.3, 0.4) is 0 Å². The van der Waals surface area contributed by atoms with Crippen LogP contribution in [0.4, 0.5) is 0 Å². The average Bonchev–Trinajstić information content (AvgIpc) is 2.35. The molecule has 2 rings (SSSR count). The van der Waals surface area contributed by atoms with Gasteiger partial charge in [0.2, 0.25) is 0 Å². The summed E-state index contributed by atoms with van der Waals surface area (Å²) in [5.41, 5.74) is 2.72. The molecule has 0 aliphatic rings. The van der Waals surface area contributed by atoms with Crippen molar-refractivity contribution in [2.75, 3.05) is 0 Å². The van der Waals surface area contributed by atoms with Crippen molar-refractivity contribution in [2.45, 2.75) is 5.88 Å². The second kappa shape index (κ2) is 5.90. The lowest BCUT2D eigenvalue weighted by atomic mass is 10.0. The Morgan fingerprint density at radius 1 is 0.833 bits per heavy atom. The fraction of sp³-hybridized carbons (Fsp3) is 0.0769. The summed E-state index contributed by atoms with van der Waals surface area (Å²) in [4.78, 5) is 0. The van der Waals surface area contributed by atoms with Crippen molar-refractivity contribution in [3.8, 4) is 11.1 Å². The van der Waals surface area contributed by atoms with E-state index in [0.717, 1.165) is 16.7 Å². The minimum atomic E-state index is 0.350. The molecular formula is C13H7Cl5. The Morgan fingerprint density at radius 2 is 1.44 bits per heavy atom. The molecule has 0 bridgehead atoms. The first kappa shape index (κ1) is 14.3. The lowest BCUT2D eigenvalue weighted by molar-refractivity contribution is 1.40. The highest BCUT2D eigenvalue weighted by atomic mass is 35.5. The van der Waals surface area contributed by atoms with Gasteiger partial charge in [-0.15, -0.1) is 11.6 Å². The molecule has 5 heteroatoms. The number of hydrogen-bond donors (Lipinski definition) is 0. The molecule has 0 unspecified atom stereocenters. The zero-order valence-electron chi connectivity index (χ0n) is 8.98. The van der Waals surface area contributed by atoms with E-state index in [9.17, 15) is 0 Å². The standard InChI is InChI=1S/C13H7Cl5/c14-6-8-3-9(15)1-2-10(8)7-4-11(16)13(18)12(17)5-7/h1-5H,6H2. The summed E-state index contributed by atoms with van der Waals surface area (Å²) >= 11 is 29.8. The Labute approximate surface area is 130 Å². The largest absolute Gasteiger partial charge is 0.122 e. The van der Waals surface area contributed by atoms with Gasteiger partial charge >= 0.3 is 0 Å². The second-order valence-corrected chi connectivity index (χ2v) is 5.59. The van der Waals surface area contributed by atoms with Crippen molar-refractivity contribution in [3.63, 3.8) is 0 Å². The van der Waals surface area contributed by atoms with Gasteiger partial charge in [-0.05, 0) is 41.0 Å². The van der Waals surface area contributed by atoms with Gasteiger partial charge in [-0.2, -0.15) is 0 Å². The van der Waals surface area contributed by atoms with E-state index in [4.69, 9.17) is 58.0 Å². The Balaban J connectivity index is 2.62. The molecule has 18 heavy (non-hydrogen) atoms. The molecule has 0 fully saturated rings. The smallest absolute Gasteiger partial charge is 0.0778 e. The van der Waals surface area contributed by atoms with Crippen LogP contribution in [0.5, 0.6) is 0 Å². The van der Waals surface area contributed by atoms with Gasteiger partial charge in [0.25, 0.3) is 0 Å². The maximum atomic E-state index is 6.02. The molecule has 94 valence electrons. The fourth-order valence-corrected chi connectivity index (χ4v) is 2.68. The summed E-state index contributed by atoms with van der Waals surface area (Å²) in [6, 6.07) is 9.02. The average molecular weight is 340 g/mol. The van der Waals surface area contributed by atoms with Crippen LogP contribution in [0.15, 0.2) is 30.3 Å². The number of alkyl halides is 1. The van der Waals surface area contributed by atoms with Crippen LogP contribution in [-0.2, 0) is 5.88 Å². The van der Waals surface area contributed by atoms with Crippen molar-refractivity contribution in [3.05, 3.63) is 56.0 Å². The van der Waals surface area contributed by atoms with E-state index in [2.05, 4.69) is 0 Å². The van der Waals surface area contributed by atoms with Crippen LogP contribution in [-0.4, -0.2) is 0 Å². The van der Waals surface area contributed by atoms with Gasteiger partial charge in [-0.25, -0.2) is 0 Å². The van der Waals surface area contributed by atoms with Crippen LogP contribution < -0.4 is 0 Å². The van der Waals surface area contributed by atoms with E-state index in [1.807, 2.05) is 12.1 Å². The summed E-state index contributed by atoms with van der Waals surface area (Å²) < 4.78 is 0. The third kappa shape index (κ3) is 2.89. The first-order valence-electron chi connectivity index (χ1n) is 5.02. The Hall–Kier alpha value is -0.110. The highest BCUT2D eigenvalue weighted by Crippen LogP contribution is 2.37. The van der Waals surface area contributed by atoms with Gasteiger partial charge in [0.1, 0.15) is 0 Å². The lowest BCUT2D eigenvalue weighted by Gasteiger charge is -2.10. The molecule has 0 radical (unpaired) electrons. The molecule has 0 aliphatic carbocycles. The van der Waals surface area contributed by atoms with Crippen molar-refractivity contribution in [2.24, 2.45) is 0 Å². The molecule has 2 aromatic carbocycles. The normalized spacial score (nSPS) is 10.7. The first-order valence-corrected chi connectivity index (χ1v) is 7.07. The maximum absolute atomic E-state index is 6.02. The van der Waals surface area contributed by atoms with E-state index in [1.54, 1.807) is 18.2 Å². The molecule has 0 atom stereocenters. The molecule has 0 heterocycles. The van der Waals surface area contributed by atoms with Gasteiger partial charge in [0.05, 0.1) is 15.1 Å². The molecule has 0 saturated carbocycles. The van der Waals surface area contributed by atoms with Crippen LogP contribution >= 0.6 is 58.0 Å². The van der Waals surface area contributed by atoms with E-state index >= 15 is 0 Å². The summed E-state index contributed by atoms with van der Waals surface area (Å²) in [7, 11) is 0. The maximum Gasteiger partial charge on any atom is 0.0778 e. The van der Waals surface area contributed by atoms with Crippen LogP contribution in [0, 0.1) is 0 Å². The molecule has 0 aromatic heterocycles. The zero-order chi connectivity index (χ0) is 13.3. The summed E-state index contributed by atoms with van der Waals surface area (Å²) in [6.45, 7) is 0. The third-order valence-electron chi connectivity index (χ3n) is 2.51. The van der Waals surface area contributed by atoms with Crippen LogP contribution in [0.2, 0.25) is 20.1 Å². The first-order chi connectivity index (χ1) is 8.52. The van der Waals surface area contributed by atoms with Crippen molar-refractivity contribution in [1.82, 2.24) is 0 Å². The topological polar surface area (TPSA) is 0 Å². The quantitative estimate of drug-likeness (QED) is 0.421. The van der Waals surface area contributed by atoms with Crippen molar-refractivity contribution in [1.29, 1.82) is 0 Å². The number of halogens is 5. The lowest BCUT2D eigenvalue weighted by Crippen LogP contribution is -1.87. The highest BCUT2D eigenvalue weighted by molar-refractivity contribution is 6.48. The molecule has 0 amide bonds. The summed E-state index contributed by atoms with van der Waals surface area (Å²) in [6.07, 6.45) is 0. The van der Waals surface area contributed by atoms with Crippen LogP contribution in [0.1, 0.15) is 5.56 Å². The van der Waals surface area contributed by atoms with E-state index in [0.29, 0.717) is 26.0 Å². The number of rotatable bonds is 2.